The van der Waals surface area contributed by atoms with Crippen molar-refractivity contribution in [1.29, 1.82) is 0 Å². The number of rotatable bonds is 5. The molecule has 1 aromatic heterocycles. The zero-order valence-corrected chi connectivity index (χ0v) is 17.3. The van der Waals surface area contributed by atoms with Crippen molar-refractivity contribution in [2.75, 3.05) is 7.11 Å². The van der Waals surface area contributed by atoms with E-state index < -0.39 is 10.9 Å². The van der Waals surface area contributed by atoms with E-state index in [1.807, 2.05) is 0 Å². The maximum Gasteiger partial charge on any atom is 0.345 e. The van der Waals surface area contributed by atoms with Crippen molar-refractivity contribution in [2.24, 2.45) is 0 Å². The molecule has 0 N–H and O–H groups in total. The molecule has 0 unspecified atom stereocenters. The Labute approximate surface area is 185 Å². The van der Waals surface area contributed by atoms with E-state index in [1.54, 1.807) is 24.3 Å². The van der Waals surface area contributed by atoms with Gasteiger partial charge in [0.25, 0.3) is 5.69 Å². The molecule has 0 amide bonds. The molecule has 4 aromatic rings. The smallest absolute Gasteiger partial charge is 0.345 e. The minimum atomic E-state index is -0.883. The first-order valence-corrected chi connectivity index (χ1v) is 9.62. The number of hydrogen-bond acceptors (Lipinski definition) is 7. The summed E-state index contributed by atoms with van der Waals surface area (Å²) in [5.41, 5.74) is 0.368. The second-order valence-electron chi connectivity index (χ2n) is 6.65. The van der Waals surface area contributed by atoms with E-state index in [-0.39, 0.29) is 38.4 Å². The minimum absolute atomic E-state index is 0.00868. The quantitative estimate of drug-likeness (QED) is 0.176. The SMILES string of the molecule is COc1ccccc1-c1coc2cc(OC(=O)c3cc([N+](=O)[O-])ccc3Cl)ccc2c1=O. The summed E-state index contributed by atoms with van der Waals surface area (Å²) in [6, 6.07) is 14.8. The lowest BCUT2D eigenvalue weighted by atomic mass is 10.0. The van der Waals surface area contributed by atoms with Crippen LogP contribution >= 0.6 is 11.6 Å². The number of nitro groups is 1. The fourth-order valence-electron chi connectivity index (χ4n) is 3.17. The van der Waals surface area contributed by atoms with E-state index in [0.29, 0.717) is 16.9 Å². The molecule has 9 heteroatoms. The van der Waals surface area contributed by atoms with E-state index >= 15 is 0 Å². The van der Waals surface area contributed by atoms with Gasteiger partial charge in [0.15, 0.2) is 0 Å². The predicted molar refractivity (Wildman–Crippen MR) is 118 cm³/mol. The van der Waals surface area contributed by atoms with Crippen LogP contribution in [-0.2, 0) is 0 Å². The van der Waals surface area contributed by atoms with Gasteiger partial charge in [-0.15, -0.1) is 0 Å². The molecule has 4 rings (SSSR count). The third-order valence-electron chi connectivity index (χ3n) is 4.73. The van der Waals surface area contributed by atoms with Crippen molar-refractivity contribution >= 4 is 34.2 Å². The number of benzene rings is 3. The normalized spacial score (nSPS) is 10.7. The summed E-state index contributed by atoms with van der Waals surface area (Å²) >= 11 is 5.98. The molecule has 0 aliphatic rings. The molecule has 0 atom stereocenters. The Kier molecular flexibility index (Phi) is 5.61. The summed E-state index contributed by atoms with van der Waals surface area (Å²) in [5, 5.41) is 11.2. The summed E-state index contributed by atoms with van der Waals surface area (Å²) in [7, 11) is 1.51. The van der Waals surface area contributed by atoms with Gasteiger partial charge in [-0.1, -0.05) is 29.8 Å². The summed E-state index contributed by atoms with van der Waals surface area (Å²) < 4.78 is 16.2. The topological polar surface area (TPSA) is 109 Å². The van der Waals surface area contributed by atoms with Crippen molar-refractivity contribution < 1.29 is 23.6 Å². The molecule has 0 saturated heterocycles. The summed E-state index contributed by atoms with van der Waals surface area (Å²) in [5.74, 6) is -0.275. The highest BCUT2D eigenvalue weighted by molar-refractivity contribution is 6.33. The monoisotopic (exact) mass is 451 g/mol. The number of hydrogen-bond donors (Lipinski definition) is 0. The van der Waals surface area contributed by atoms with Crippen molar-refractivity contribution in [1.82, 2.24) is 0 Å². The van der Waals surface area contributed by atoms with E-state index in [9.17, 15) is 19.7 Å². The van der Waals surface area contributed by atoms with Crippen molar-refractivity contribution in [3.05, 3.63) is 97.9 Å². The zero-order valence-electron chi connectivity index (χ0n) is 16.5. The van der Waals surface area contributed by atoms with Crippen LogP contribution in [0.2, 0.25) is 5.02 Å². The van der Waals surface area contributed by atoms with Crippen LogP contribution in [-0.4, -0.2) is 18.0 Å². The first-order chi connectivity index (χ1) is 15.4. The van der Waals surface area contributed by atoms with Crippen LogP contribution in [0.25, 0.3) is 22.1 Å². The summed E-state index contributed by atoms with van der Waals surface area (Å²) in [4.78, 5) is 35.8. The lowest BCUT2D eigenvalue weighted by Gasteiger charge is -2.09. The Balaban J connectivity index is 1.68. The lowest BCUT2D eigenvalue weighted by molar-refractivity contribution is -0.384. The average Bonchev–Trinajstić information content (AvgIpc) is 2.79. The fraction of sp³-hybridized carbons (Fsp3) is 0.0435. The highest BCUT2D eigenvalue weighted by Crippen LogP contribution is 2.30. The maximum absolute atomic E-state index is 13.0. The molecule has 8 nitrogen and oxygen atoms in total. The Morgan fingerprint density at radius 1 is 1.06 bits per heavy atom. The molecule has 0 aliphatic carbocycles. The van der Waals surface area contributed by atoms with Crippen LogP contribution in [0.15, 0.2) is 76.1 Å². The molecule has 0 radical (unpaired) electrons. The molecule has 0 fully saturated rings. The zero-order chi connectivity index (χ0) is 22.8. The van der Waals surface area contributed by atoms with Gasteiger partial charge in [-0.3, -0.25) is 14.9 Å². The Hall–Kier alpha value is -4.17. The number of nitro benzene ring substituents is 1. The average molecular weight is 452 g/mol. The van der Waals surface area contributed by atoms with Crippen LogP contribution in [0, 0.1) is 10.1 Å². The first kappa shape index (κ1) is 21.1. The van der Waals surface area contributed by atoms with Gasteiger partial charge in [-0.25, -0.2) is 4.79 Å². The number of ether oxygens (including phenoxy) is 2. The number of carbonyl (C=O) groups excluding carboxylic acids is 1. The van der Waals surface area contributed by atoms with Crippen molar-refractivity contribution in [3.63, 3.8) is 0 Å². The second-order valence-corrected chi connectivity index (χ2v) is 7.05. The van der Waals surface area contributed by atoms with Gasteiger partial charge in [-0.2, -0.15) is 0 Å². The molecule has 32 heavy (non-hydrogen) atoms. The number of esters is 1. The predicted octanol–water partition coefficient (Wildman–Crippen LogP) is 5.25. The largest absolute Gasteiger partial charge is 0.496 e. The van der Waals surface area contributed by atoms with Gasteiger partial charge < -0.3 is 13.9 Å². The standard InChI is InChI=1S/C23H14ClNO7/c1-30-20-5-3-2-4-15(20)18-12-31-21-11-14(7-8-16(21)22(18)26)32-23(27)17-10-13(25(28)29)6-9-19(17)24/h2-12H,1H3. The fourth-order valence-corrected chi connectivity index (χ4v) is 3.37. The molecule has 1 heterocycles. The van der Waals surface area contributed by atoms with E-state index in [0.717, 1.165) is 6.07 Å². The number of fused-ring (bicyclic) bond motifs is 1. The number of nitrogens with zero attached hydrogens (tertiary/aromatic N) is 1. The highest BCUT2D eigenvalue weighted by atomic mass is 35.5. The number of carbonyl (C=O) groups is 1. The first-order valence-electron chi connectivity index (χ1n) is 9.24. The molecular formula is C23H14ClNO7. The summed E-state index contributed by atoms with van der Waals surface area (Å²) in [6.07, 6.45) is 1.31. The van der Waals surface area contributed by atoms with Gasteiger partial charge in [0.2, 0.25) is 5.43 Å². The van der Waals surface area contributed by atoms with Crippen molar-refractivity contribution in [2.45, 2.75) is 0 Å². The van der Waals surface area contributed by atoms with E-state index in [4.69, 9.17) is 25.5 Å². The maximum atomic E-state index is 13.0. The third-order valence-corrected chi connectivity index (χ3v) is 5.06. The molecule has 0 bridgehead atoms. The van der Waals surface area contributed by atoms with Gasteiger partial charge in [0.05, 0.1) is 33.6 Å². The molecule has 0 saturated carbocycles. The number of para-hydroxylation sites is 1. The second kappa shape index (κ2) is 8.52. The third kappa shape index (κ3) is 3.91. The molecular weight excluding hydrogens is 438 g/mol. The van der Waals surface area contributed by atoms with E-state index in [1.165, 1.54) is 43.7 Å². The summed E-state index contributed by atoms with van der Waals surface area (Å²) in [6.45, 7) is 0. The van der Waals surface area contributed by atoms with Gasteiger partial charge in [-0.05, 0) is 24.3 Å². The van der Waals surface area contributed by atoms with Gasteiger partial charge in [0.1, 0.15) is 23.3 Å². The van der Waals surface area contributed by atoms with Crippen LogP contribution in [0.4, 0.5) is 5.69 Å². The Morgan fingerprint density at radius 3 is 2.59 bits per heavy atom. The van der Waals surface area contributed by atoms with Gasteiger partial charge >= 0.3 is 5.97 Å². The lowest BCUT2D eigenvalue weighted by Crippen LogP contribution is -2.10. The van der Waals surface area contributed by atoms with Crippen LogP contribution in [0.5, 0.6) is 11.5 Å². The highest BCUT2D eigenvalue weighted by Gasteiger charge is 2.19. The molecule has 0 aliphatic heterocycles. The molecule has 0 spiro atoms. The molecule has 3 aromatic carbocycles. The Morgan fingerprint density at radius 2 is 1.84 bits per heavy atom. The minimum Gasteiger partial charge on any atom is -0.496 e. The van der Waals surface area contributed by atoms with E-state index in [2.05, 4.69) is 0 Å². The number of non-ortho nitro benzene ring substituents is 1. The number of halogens is 1. The Bertz CT molecular complexity index is 1430. The van der Waals surface area contributed by atoms with Crippen LogP contribution in [0.1, 0.15) is 10.4 Å². The van der Waals surface area contributed by atoms with Gasteiger partial charge in [0, 0.05) is 23.8 Å². The number of methoxy groups -OCH3 is 1. The molecule has 160 valence electrons. The van der Waals surface area contributed by atoms with Crippen molar-refractivity contribution in [3.8, 4) is 22.6 Å². The van der Waals surface area contributed by atoms with Crippen LogP contribution in [0.3, 0.4) is 0 Å². The van der Waals surface area contributed by atoms with Crippen LogP contribution < -0.4 is 14.9 Å².